The fraction of sp³-hybridized carbons (Fsp3) is 0.812. The van der Waals surface area contributed by atoms with Crippen molar-refractivity contribution < 1.29 is 0 Å². The van der Waals surface area contributed by atoms with Gasteiger partial charge in [0, 0.05) is 18.3 Å². The van der Waals surface area contributed by atoms with Crippen molar-refractivity contribution in [3.8, 4) is 0 Å². The highest BCUT2D eigenvalue weighted by Gasteiger charge is 2.16. The maximum atomic E-state index is 4.74. The average Bonchev–Trinajstić information content (AvgIpc) is 2.89. The Bertz CT molecular complexity index is 377. The Hall–Kier alpha value is -0.830. The predicted molar refractivity (Wildman–Crippen MR) is 80.6 cm³/mol. The van der Waals surface area contributed by atoms with Gasteiger partial charge in [-0.15, -0.1) is 0 Å². The molecule has 0 amide bonds. The van der Waals surface area contributed by atoms with Crippen LogP contribution >= 0.6 is 0 Å². The van der Waals surface area contributed by atoms with E-state index in [-0.39, 0.29) is 0 Å². The fourth-order valence-electron chi connectivity index (χ4n) is 3.04. The highest BCUT2D eigenvalue weighted by atomic mass is 15.3. The van der Waals surface area contributed by atoms with Crippen molar-refractivity contribution in [2.45, 2.75) is 77.8 Å². The quantitative estimate of drug-likeness (QED) is 0.851. The molecule has 1 unspecified atom stereocenters. The largest absolute Gasteiger partial charge is 0.312 e. The second-order valence-corrected chi connectivity index (χ2v) is 5.87. The number of nitrogens with zero attached hydrogens (tertiary/aromatic N) is 2. The maximum absolute atomic E-state index is 4.74. The van der Waals surface area contributed by atoms with Crippen LogP contribution in [0, 0.1) is 0 Å². The standard InChI is InChI=1S/C16H29N3/c1-4-14-11-16(5-2)19(18-14)13(3)12-17-15-9-7-6-8-10-15/h11,13,15,17H,4-10,12H2,1-3H3. The van der Waals surface area contributed by atoms with Crippen molar-refractivity contribution in [1.29, 1.82) is 0 Å². The molecule has 3 heteroatoms. The average molecular weight is 263 g/mol. The van der Waals surface area contributed by atoms with Crippen LogP contribution < -0.4 is 5.32 Å². The van der Waals surface area contributed by atoms with E-state index in [1.165, 1.54) is 43.5 Å². The van der Waals surface area contributed by atoms with Crippen molar-refractivity contribution in [2.75, 3.05) is 6.54 Å². The van der Waals surface area contributed by atoms with Crippen molar-refractivity contribution in [3.63, 3.8) is 0 Å². The smallest absolute Gasteiger partial charge is 0.0624 e. The minimum absolute atomic E-state index is 0.456. The van der Waals surface area contributed by atoms with Gasteiger partial charge in [-0.25, -0.2) is 0 Å². The minimum Gasteiger partial charge on any atom is -0.312 e. The topological polar surface area (TPSA) is 29.9 Å². The van der Waals surface area contributed by atoms with Gasteiger partial charge in [-0.05, 0) is 38.7 Å². The zero-order valence-electron chi connectivity index (χ0n) is 12.8. The highest BCUT2D eigenvalue weighted by molar-refractivity contribution is 5.11. The van der Waals surface area contributed by atoms with E-state index in [2.05, 4.69) is 36.8 Å². The molecule has 0 saturated heterocycles. The lowest BCUT2D eigenvalue weighted by molar-refractivity contribution is 0.340. The Morgan fingerprint density at radius 2 is 2.00 bits per heavy atom. The van der Waals surface area contributed by atoms with Crippen LogP contribution in [0.25, 0.3) is 0 Å². The van der Waals surface area contributed by atoms with Crippen LogP contribution in [0.5, 0.6) is 0 Å². The highest BCUT2D eigenvalue weighted by Crippen LogP contribution is 2.18. The monoisotopic (exact) mass is 263 g/mol. The first kappa shape index (κ1) is 14.6. The third-order valence-electron chi connectivity index (χ3n) is 4.31. The summed E-state index contributed by atoms with van der Waals surface area (Å²) in [7, 11) is 0. The van der Waals surface area contributed by atoms with Gasteiger partial charge in [0.2, 0.25) is 0 Å². The van der Waals surface area contributed by atoms with E-state index >= 15 is 0 Å². The van der Waals surface area contributed by atoms with Crippen molar-refractivity contribution >= 4 is 0 Å². The lowest BCUT2D eigenvalue weighted by atomic mass is 9.95. The number of hydrogen-bond acceptors (Lipinski definition) is 2. The van der Waals surface area contributed by atoms with Crippen LogP contribution in [0.1, 0.15) is 70.3 Å². The first-order chi connectivity index (χ1) is 9.24. The molecule has 1 atom stereocenters. The van der Waals surface area contributed by atoms with Crippen LogP contribution in [-0.2, 0) is 12.8 Å². The molecular weight excluding hydrogens is 234 g/mol. The minimum atomic E-state index is 0.456. The molecule has 0 bridgehead atoms. The van der Waals surface area contributed by atoms with E-state index in [0.29, 0.717) is 6.04 Å². The number of hydrogen-bond donors (Lipinski definition) is 1. The molecule has 1 saturated carbocycles. The molecule has 0 spiro atoms. The van der Waals surface area contributed by atoms with E-state index in [9.17, 15) is 0 Å². The molecule has 1 aromatic rings. The normalized spacial score (nSPS) is 18.7. The molecule has 0 radical (unpaired) electrons. The number of aryl methyl sites for hydroxylation is 2. The van der Waals surface area contributed by atoms with Crippen molar-refractivity contribution in [1.82, 2.24) is 15.1 Å². The molecule has 1 N–H and O–H groups in total. The molecule has 1 aromatic heterocycles. The maximum Gasteiger partial charge on any atom is 0.0624 e. The summed E-state index contributed by atoms with van der Waals surface area (Å²) in [5.74, 6) is 0. The van der Waals surface area contributed by atoms with Gasteiger partial charge in [0.05, 0.1) is 11.7 Å². The second-order valence-electron chi connectivity index (χ2n) is 5.87. The predicted octanol–water partition coefficient (Wildman–Crippen LogP) is 3.49. The van der Waals surface area contributed by atoms with Gasteiger partial charge in [0.15, 0.2) is 0 Å². The first-order valence-electron chi connectivity index (χ1n) is 8.05. The lowest BCUT2D eigenvalue weighted by Crippen LogP contribution is -2.35. The molecule has 1 aliphatic carbocycles. The van der Waals surface area contributed by atoms with Crippen molar-refractivity contribution in [3.05, 3.63) is 17.5 Å². The zero-order chi connectivity index (χ0) is 13.7. The summed E-state index contributed by atoms with van der Waals surface area (Å²) in [5.41, 5.74) is 2.59. The van der Waals surface area contributed by atoms with E-state index < -0.39 is 0 Å². The van der Waals surface area contributed by atoms with Gasteiger partial charge in [0.1, 0.15) is 0 Å². The Kier molecular flexibility index (Phi) is 5.44. The van der Waals surface area contributed by atoms with E-state index in [0.717, 1.165) is 25.4 Å². The van der Waals surface area contributed by atoms with E-state index in [1.54, 1.807) is 0 Å². The fourth-order valence-corrected chi connectivity index (χ4v) is 3.04. The summed E-state index contributed by atoms with van der Waals surface area (Å²) in [6, 6.07) is 3.46. The van der Waals surface area contributed by atoms with Crippen LogP contribution in [0.2, 0.25) is 0 Å². The summed E-state index contributed by atoms with van der Waals surface area (Å²) in [6.45, 7) is 7.72. The van der Waals surface area contributed by atoms with Gasteiger partial charge in [-0.1, -0.05) is 33.1 Å². The van der Waals surface area contributed by atoms with Gasteiger partial charge in [-0.2, -0.15) is 5.10 Å². The van der Waals surface area contributed by atoms with Gasteiger partial charge >= 0.3 is 0 Å². The molecular formula is C16H29N3. The summed E-state index contributed by atoms with van der Waals surface area (Å²) < 4.78 is 2.23. The molecule has 1 aliphatic rings. The summed E-state index contributed by atoms with van der Waals surface area (Å²) in [6.07, 6.45) is 9.03. The summed E-state index contributed by atoms with van der Waals surface area (Å²) in [5, 5.41) is 8.48. The van der Waals surface area contributed by atoms with Crippen molar-refractivity contribution in [2.24, 2.45) is 0 Å². The van der Waals surface area contributed by atoms with Gasteiger partial charge in [0.25, 0.3) is 0 Å². The third kappa shape index (κ3) is 3.82. The molecule has 2 rings (SSSR count). The van der Waals surface area contributed by atoms with E-state index in [4.69, 9.17) is 5.10 Å². The van der Waals surface area contributed by atoms with Crippen LogP contribution in [0.4, 0.5) is 0 Å². The molecule has 3 nitrogen and oxygen atoms in total. The Morgan fingerprint density at radius 1 is 1.26 bits per heavy atom. The lowest BCUT2D eigenvalue weighted by Gasteiger charge is -2.25. The van der Waals surface area contributed by atoms with Gasteiger partial charge < -0.3 is 5.32 Å². The molecule has 0 aromatic carbocycles. The molecule has 108 valence electrons. The van der Waals surface area contributed by atoms with E-state index in [1.807, 2.05) is 0 Å². The van der Waals surface area contributed by atoms with Gasteiger partial charge in [-0.3, -0.25) is 4.68 Å². The van der Waals surface area contributed by atoms with Crippen LogP contribution in [-0.4, -0.2) is 22.4 Å². The second kappa shape index (κ2) is 7.09. The Balaban J connectivity index is 1.91. The molecule has 1 heterocycles. The molecule has 0 aliphatic heterocycles. The third-order valence-corrected chi connectivity index (χ3v) is 4.31. The molecule has 19 heavy (non-hydrogen) atoms. The summed E-state index contributed by atoms with van der Waals surface area (Å²) in [4.78, 5) is 0. The first-order valence-corrected chi connectivity index (χ1v) is 8.05. The zero-order valence-corrected chi connectivity index (χ0v) is 12.8. The number of nitrogens with one attached hydrogen (secondary N) is 1. The Morgan fingerprint density at radius 3 is 2.63 bits per heavy atom. The SMILES string of the molecule is CCc1cc(CC)n(C(C)CNC2CCCCC2)n1. The van der Waals surface area contributed by atoms with Crippen LogP contribution in [0.15, 0.2) is 6.07 Å². The Labute approximate surface area is 117 Å². The molecule has 1 fully saturated rings. The van der Waals surface area contributed by atoms with Crippen LogP contribution in [0.3, 0.4) is 0 Å². The summed E-state index contributed by atoms with van der Waals surface area (Å²) >= 11 is 0. The number of aromatic nitrogens is 2. The number of rotatable bonds is 6.